The number of amides is 2. The number of benzene rings is 2. The van der Waals surface area contributed by atoms with Gasteiger partial charge in [0.05, 0.1) is 16.4 Å². The highest BCUT2D eigenvalue weighted by Crippen LogP contribution is 2.27. The van der Waals surface area contributed by atoms with Crippen molar-refractivity contribution in [2.75, 3.05) is 49.5 Å². The van der Waals surface area contributed by atoms with Crippen LogP contribution in [0.25, 0.3) is 0 Å². The number of carbonyl (C=O) groups excluding carboxylic acids is 2. The van der Waals surface area contributed by atoms with Crippen molar-refractivity contribution in [2.45, 2.75) is 11.3 Å². The molecule has 3 rings (SSSR count). The molecule has 34 heavy (non-hydrogen) atoms. The lowest BCUT2D eigenvalue weighted by Gasteiger charge is -2.36. The maximum absolute atomic E-state index is 12.4. The van der Waals surface area contributed by atoms with Crippen LogP contribution in [0.1, 0.15) is 6.42 Å². The molecule has 182 valence electrons. The number of hydrogen-bond donors (Lipinski definition) is 3. The first kappa shape index (κ1) is 24.9. The average molecular weight is 491 g/mol. The number of sulfonamides is 1. The number of carbonyl (C=O) groups is 2. The van der Waals surface area contributed by atoms with E-state index in [-0.39, 0.29) is 36.0 Å². The molecule has 1 fully saturated rings. The molecule has 0 saturated carbocycles. The summed E-state index contributed by atoms with van der Waals surface area (Å²) in [5, 5.41) is 21.5. The summed E-state index contributed by atoms with van der Waals surface area (Å²) in [6.45, 7) is 2.44. The van der Waals surface area contributed by atoms with Gasteiger partial charge in [-0.1, -0.05) is 18.2 Å². The highest BCUT2D eigenvalue weighted by Gasteiger charge is 2.22. The number of primary sulfonamides is 1. The second-order valence-electron chi connectivity index (χ2n) is 7.64. The summed E-state index contributed by atoms with van der Waals surface area (Å²) < 4.78 is 22.8. The Bertz CT molecular complexity index is 1150. The zero-order valence-electron chi connectivity index (χ0n) is 18.3. The maximum atomic E-state index is 12.4. The number of nitrogens with zero attached hydrogens (tertiary/aromatic N) is 3. The summed E-state index contributed by atoms with van der Waals surface area (Å²) >= 11 is 0. The minimum Gasteiger partial charge on any atom is -0.379 e. The van der Waals surface area contributed by atoms with Crippen molar-refractivity contribution in [1.82, 2.24) is 10.2 Å². The van der Waals surface area contributed by atoms with E-state index in [1.54, 1.807) is 4.90 Å². The Morgan fingerprint density at radius 3 is 2.35 bits per heavy atom. The predicted molar refractivity (Wildman–Crippen MR) is 126 cm³/mol. The van der Waals surface area contributed by atoms with Crippen LogP contribution in [0.15, 0.2) is 53.4 Å². The molecule has 12 nitrogen and oxygen atoms in total. The van der Waals surface area contributed by atoms with E-state index in [0.29, 0.717) is 26.2 Å². The summed E-state index contributed by atoms with van der Waals surface area (Å²) in [4.78, 5) is 38.5. The van der Waals surface area contributed by atoms with Crippen LogP contribution in [-0.4, -0.2) is 69.3 Å². The van der Waals surface area contributed by atoms with Gasteiger partial charge in [0.2, 0.25) is 21.8 Å². The number of para-hydroxylation sites is 1. The third-order valence-electron chi connectivity index (χ3n) is 5.35. The van der Waals surface area contributed by atoms with Crippen LogP contribution in [0.3, 0.4) is 0 Å². The van der Waals surface area contributed by atoms with Crippen molar-refractivity contribution >= 4 is 38.9 Å². The van der Waals surface area contributed by atoms with Crippen molar-refractivity contribution in [3.8, 4) is 0 Å². The molecule has 0 spiro atoms. The fraction of sp³-hybridized carbons (Fsp3) is 0.333. The van der Waals surface area contributed by atoms with Crippen LogP contribution < -0.4 is 20.7 Å². The number of nitro benzene ring substituents is 1. The van der Waals surface area contributed by atoms with E-state index in [1.165, 1.54) is 6.07 Å². The van der Waals surface area contributed by atoms with E-state index in [2.05, 4.69) is 15.5 Å². The van der Waals surface area contributed by atoms with Crippen molar-refractivity contribution in [3.63, 3.8) is 0 Å². The van der Waals surface area contributed by atoms with E-state index in [9.17, 15) is 28.1 Å². The van der Waals surface area contributed by atoms with Gasteiger partial charge in [0.1, 0.15) is 5.69 Å². The zero-order valence-corrected chi connectivity index (χ0v) is 19.2. The van der Waals surface area contributed by atoms with Gasteiger partial charge in [-0.3, -0.25) is 19.7 Å². The molecule has 2 aromatic rings. The van der Waals surface area contributed by atoms with Gasteiger partial charge in [0.15, 0.2) is 0 Å². The minimum absolute atomic E-state index is 0.0385. The normalized spacial score (nSPS) is 13.9. The largest absolute Gasteiger partial charge is 0.379 e. The second-order valence-corrected chi connectivity index (χ2v) is 9.20. The summed E-state index contributed by atoms with van der Waals surface area (Å²) in [5.74, 6) is -0.573. The molecule has 0 aliphatic carbocycles. The van der Waals surface area contributed by atoms with Crippen molar-refractivity contribution < 1.29 is 22.9 Å². The topological polar surface area (TPSA) is 168 Å². The fourth-order valence-corrected chi connectivity index (χ4v) is 4.06. The Morgan fingerprint density at radius 1 is 1.06 bits per heavy atom. The molecular formula is C21H26N6O6S. The number of anilines is 2. The molecule has 2 aromatic carbocycles. The Morgan fingerprint density at radius 2 is 1.74 bits per heavy atom. The molecule has 0 unspecified atom stereocenters. The smallest absolute Gasteiger partial charge is 0.293 e. The molecule has 1 aliphatic heterocycles. The van der Waals surface area contributed by atoms with Crippen molar-refractivity contribution in [2.24, 2.45) is 5.14 Å². The summed E-state index contributed by atoms with van der Waals surface area (Å²) in [5.41, 5.74) is 0.684. The van der Waals surface area contributed by atoms with Gasteiger partial charge in [-0.25, -0.2) is 13.6 Å². The van der Waals surface area contributed by atoms with E-state index in [1.807, 2.05) is 30.3 Å². The number of nitrogens with one attached hydrogen (secondary N) is 2. The predicted octanol–water partition coefficient (Wildman–Crippen LogP) is 0.509. The lowest BCUT2D eigenvalue weighted by Crippen LogP contribution is -2.51. The third kappa shape index (κ3) is 6.65. The highest BCUT2D eigenvalue weighted by molar-refractivity contribution is 7.89. The average Bonchev–Trinajstić information content (AvgIpc) is 2.82. The monoisotopic (exact) mass is 490 g/mol. The standard InChI is InChI=1S/C21H26N6O6S/c22-34(32,33)17-6-7-18(19(14-17)27(30)31)23-9-8-20(28)24-15-21(29)26-12-10-25(11-13-26)16-4-2-1-3-5-16/h1-7,14,23H,8-13,15H2,(H,24,28)(H2,22,32,33). The molecule has 2 amide bonds. The van der Waals surface area contributed by atoms with Crippen LogP contribution in [0.4, 0.5) is 17.1 Å². The van der Waals surface area contributed by atoms with Gasteiger partial charge in [0, 0.05) is 50.9 Å². The first-order valence-corrected chi connectivity index (χ1v) is 12.1. The summed E-state index contributed by atoms with van der Waals surface area (Å²) in [6.07, 6.45) is -0.0385. The Labute approximate surface area is 196 Å². The molecule has 1 saturated heterocycles. The number of nitrogens with two attached hydrogens (primary N) is 1. The first-order valence-electron chi connectivity index (χ1n) is 10.5. The minimum atomic E-state index is -4.09. The lowest BCUT2D eigenvalue weighted by atomic mass is 10.2. The van der Waals surface area contributed by atoms with E-state index in [0.717, 1.165) is 17.8 Å². The van der Waals surface area contributed by atoms with Crippen LogP contribution in [0.5, 0.6) is 0 Å². The van der Waals surface area contributed by atoms with E-state index in [4.69, 9.17) is 5.14 Å². The molecule has 1 heterocycles. The maximum Gasteiger partial charge on any atom is 0.293 e. The third-order valence-corrected chi connectivity index (χ3v) is 6.26. The van der Waals surface area contributed by atoms with Gasteiger partial charge in [0.25, 0.3) is 5.69 Å². The quantitative estimate of drug-likeness (QED) is 0.337. The van der Waals surface area contributed by atoms with Crippen LogP contribution >= 0.6 is 0 Å². The van der Waals surface area contributed by atoms with Crippen molar-refractivity contribution in [1.29, 1.82) is 0 Å². The SMILES string of the molecule is NS(=O)(=O)c1ccc(NCCC(=O)NCC(=O)N2CCN(c3ccccc3)CC2)c([N+](=O)[O-])c1. The van der Waals surface area contributed by atoms with Gasteiger partial charge < -0.3 is 20.4 Å². The fourth-order valence-electron chi connectivity index (χ4n) is 3.53. The molecule has 1 aliphatic rings. The Hall–Kier alpha value is -3.71. The van der Waals surface area contributed by atoms with Gasteiger partial charge >= 0.3 is 0 Å². The number of hydrogen-bond acceptors (Lipinski definition) is 8. The summed E-state index contributed by atoms with van der Waals surface area (Å²) in [7, 11) is -4.09. The van der Waals surface area contributed by atoms with Crippen LogP contribution in [-0.2, 0) is 19.6 Å². The van der Waals surface area contributed by atoms with Crippen molar-refractivity contribution in [3.05, 3.63) is 58.6 Å². The highest BCUT2D eigenvalue weighted by atomic mass is 32.2. The van der Waals surface area contributed by atoms with E-state index >= 15 is 0 Å². The first-order chi connectivity index (χ1) is 16.1. The van der Waals surface area contributed by atoms with Crippen LogP contribution in [0, 0.1) is 10.1 Å². The van der Waals surface area contributed by atoms with Crippen LogP contribution in [0.2, 0.25) is 0 Å². The number of piperazine rings is 1. The van der Waals surface area contributed by atoms with Gasteiger partial charge in [-0.15, -0.1) is 0 Å². The molecule has 0 atom stereocenters. The zero-order chi connectivity index (χ0) is 24.7. The summed E-state index contributed by atoms with van der Waals surface area (Å²) in [6, 6.07) is 13.1. The lowest BCUT2D eigenvalue weighted by molar-refractivity contribution is -0.384. The number of nitro groups is 1. The second kappa shape index (κ2) is 10.9. The molecule has 13 heteroatoms. The Kier molecular flexibility index (Phi) is 8.02. The number of rotatable bonds is 9. The molecular weight excluding hydrogens is 464 g/mol. The molecule has 0 bridgehead atoms. The van der Waals surface area contributed by atoms with Gasteiger partial charge in [-0.05, 0) is 24.3 Å². The Balaban J connectivity index is 1.42. The molecule has 4 N–H and O–H groups in total. The molecule has 0 radical (unpaired) electrons. The van der Waals surface area contributed by atoms with Gasteiger partial charge in [-0.2, -0.15) is 0 Å². The molecule has 0 aromatic heterocycles. The van der Waals surface area contributed by atoms with E-state index < -0.39 is 26.5 Å².